The standard InChI is InChI=1S/C20H24ClNO3S/c1-14-12-19(20(25-2)13-18(14)21)22-26(23,24)17-10-8-16(9-11-17)15-6-4-3-5-7-15/h8-13,15,22H,3-7H2,1-2H3. The summed E-state index contributed by atoms with van der Waals surface area (Å²) in [5.41, 5.74) is 2.38. The maximum atomic E-state index is 12.8. The summed E-state index contributed by atoms with van der Waals surface area (Å²) in [6, 6.07) is 10.5. The number of nitrogens with one attached hydrogen (secondary N) is 1. The van der Waals surface area contributed by atoms with Crippen molar-refractivity contribution < 1.29 is 13.2 Å². The van der Waals surface area contributed by atoms with Crippen LogP contribution in [0.5, 0.6) is 5.75 Å². The molecular weight excluding hydrogens is 370 g/mol. The molecular formula is C20H24ClNO3S. The molecule has 0 heterocycles. The molecule has 0 amide bonds. The second-order valence-corrected chi connectivity index (χ2v) is 8.90. The van der Waals surface area contributed by atoms with Crippen LogP contribution in [0.25, 0.3) is 0 Å². The largest absolute Gasteiger partial charge is 0.495 e. The Kier molecular flexibility index (Phi) is 5.78. The van der Waals surface area contributed by atoms with E-state index < -0.39 is 10.0 Å². The van der Waals surface area contributed by atoms with Gasteiger partial charge in [-0.05, 0) is 55.0 Å². The fraction of sp³-hybridized carbons (Fsp3) is 0.400. The van der Waals surface area contributed by atoms with E-state index in [1.807, 2.05) is 19.1 Å². The summed E-state index contributed by atoms with van der Waals surface area (Å²) in [6.07, 6.45) is 6.18. The van der Waals surface area contributed by atoms with Crippen molar-refractivity contribution in [3.63, 3.8) is 0 Å². The highest BCUT2D eigenvalue weighted by atomic mass is 35.5. The fourth-order valence-electron chi connectivity index (χ4n) is 3.47. The van der Waals surface area contributed by atoms with Crippen LogP contribution >= 0.6 is 11.6 Å². The van der Waals surface area contributed by atoms with Crippen molar-refractivity contribution in [1.29, 1.82) is 0 Å². The molecule has 140 valence electrons. The molecule has 0 spiro atoms. The molecule has 2 aromatic rings. The van der Waals surface area contributed by atoms with Gasteiger partial charge in [0.2, 0.25) is 0 Å². The molecule has 1 saturated carbocycles. The molecule has 0 bridgehead atoms. The van der Waals surface area contributed by atoms with E-state index >= 15 is 0 Å². The van der Waals surface area contributed by atoms with E-state index in [4.69, 9.17) is 16.3 Å². The van der Waals surface area contributed by atoms with E-state index in [2.05, 4.69) is 4.72 Å². The molecule has 1 fully saturated rings. The zero-order chi connectivity index (χ0) is 18.7. The summed E-state index contributed by atoms with van der Waals surface area (Å²) in [5.74, 6) is 0.940. The highest BCUT2D eigenvalue weighted by Crippen LogP contribution is 2.34. The molecule has 1 N–H and O–H groups in total. The number of sulfonamides is 1. The number of methoxy groups -OCH3 is 1. The Hall–Kier alpha value is -1.72. The van der Waals surface area contributed by atoms with Crippen LogP contribution in [-0.2, 0) is 10.0 Å². The van der Waals surface area contributed by atoms with Gasteiger partial charge in [-0.1, -0.05) is 43.0 Å². The van der Waals surface area contributed by atoms with Gasteiger partial charge in [0.15, 0.2) is 0 Å². The Morgan fingerprint density at radius 3 is 2.35 bits per heavy atom. The van der Waals surface area contributed by atoms with E-state index in [0.717, 1.165) is 5.56 Å². The topological polar surface area (TPSA) is 55.4 Å². The molecule has 0 aromatic heterocycles. The minimum atomic E-state index is -3.70. The van der Waals surface area contributed by atoms with Gasteiger partial charge in [0, 0.05) is 11.1 Å². The molecule has 1 aliphatic carbocycles. The van der Waals surface area contributed by atoms with Crippen LogP contribution in [0.3, 0.4) is 0 Å². The summed E-state index contributed by atoms with van der Waals surface area (Å²) in [5, 5.41) is 0.529. The summed E-state index contributed by atoms with van der Waals surface area (Å²) in [4.78, 5) is 0.242. The summed E-state index contributed by atoms with van der Waals surface area (Å²) < 4.78 is 33.4. The third-order valence-corrected chi connectivity index (χ3v) is 6.78. The molecule has 2 aromatic carbocycles. The molecule has 26 heavy (non-hydrogen) atoms. The second-order valence-electron chi connectivity index (χ2n) is 6.81. The highest BCUT2D eigenvalue weighted by Gasteiger charge is 2.20. The number of hydrogen-bond acceptors (Lipinski definition) is 3. The van der Waals surface area contributed by atoms with Crippen molar-refractivity contribution >= 4 is 27.3 Å². The first-order chi connectivity index (χ1) is 12.4. The molecule has 0 saturated heterocycles. The van der Waals surface area contributed by atoms with E-state index in [-0.39, 0.29) is 4.90 Å². The Bertz CT molecular complexity index is 873. The summed E-state index contributed by atoms with van der Waals surface area (Å²) in [7, 11) is -2.21. The second kappa shape index (κ2) is 7.89. The van der Waals surface area contributed by atoms with Crippen molar-refractivity contribution in [2.75, 3.05) is 11.8 Å². The molecule has 0 atom stereocenters. The Morgan fingerprint density at radius 2 is 1.73 bits per heavy atom. The van der Waals surface area contributed by atoms with Crippen LogP contribution in [-0.4, -0.2) is 15.5 Å². The quantitative estimate of drug-likeness (QED) is 0.729. The average molecular weight is 394 g/mol. The van der Waals surface area contributed by atoms with Gasteiger partial charge in [-0.2, -0.15) is 0 Å². The molecule has 6 heteroatoms. The number of aryl methyl sites for hydroxylation is 1. The number of halogens is 1. The van der Waals surface area contributed by atoms with Crippen LogP contribution in [0.1, 0.15) is 49.1 Å². The first kappa shape index (κ1) is 19.1. The number of benzene rings is 2. The van der Waals surface area contributed by atoms with E-state index in [9.17, 15) is 8.42 Å². The van der Waals surface area contributed by atoms with Crippen LogP contribution in [0.2, 0.25) is 5.02 Å². The predicted molar refractivity (Wildman–Crippen MR) is 106 cm³/mol. The average Bonchev–Trinajstić information content (AvgIpc) is 2.65. The Balaban J connectivity index is 1.83. The maximum Gasteiger partial charge on any atom is 0.262 e. The van der Waals surface area contributed by atoms with Crippen molar-refractivity contribution in [3.05, 3.63) is 52.5 Å². The number of anilines is 1. The van der Waals surface area contributed by atoms with Gasteiger partial charge in [-0.25, -0.2) is 8.42 Å². The lowest BCUT2D eigenvalue weighted by atomic mass is 9.84. The zero-order valence-corrected chi connectivity index (χ0v) is 16.7. The lowest BCUT2D eigenvalue weighted by molar-refractivity contribution is 0.417. The third kappa shape index (κ3) is 4.15. The molecule has 4 nitrogen and oxygen atoms in total. The van der Waals surface area contributed by atoms with Crippen LogP contribution in [0, 0.1) is 6.92 Å². The minimum Gasteiger partial charge on any atom is -0.495 e. The predicted octanol–water partition coefficient (Wildman–Crippen LogP) is 5.51. The third-order valence-electron chi connectivity index (χ3n) is 4.99. The highest BCUT2D eigenvalue weighted by molar-refractivity contribution is 7.92. The molecule has 3 rings (SSSR count). The normalized spacial score (nSPS) is 15.7. The van der Waals surface area contributed by atoms with E-state index in [1.165, 1.54) is 44.8 Å². The monoisotopic (exact) mass is 393 g/mol. The van der Waals surface area contributed by atoms with E-state index in [1.54, 1.807) is 24.3 Å². The van der Waals surface area contributed by atoms with Gasteiger partial charge in [-0.3, -0.25) is 4.72 Å². The maximum absolute atomic E-state index is 12.8. The van der Waals surface area contributed by atoms with Gasteiger partial charge in [0.1, 0.15) is 5.75 Å². The van der Waals surface area contributed by atoms with Gasteiger partial charge < -0.3 is 4.74 Å². The van der Waals surface area contributed by atoms with Crippen molar-refractivity contribution in [1.82, 2.24) is 0 Å². The first-order valence-electron chi connectivity index (χ1n) is 8.87. The lowest BCUT2D eigenvalue weighted by Crippen LogP contribution is -2.14. The SMILES string of the molecule is COc1cc(Cl)c(C)cc1NS(=O)(=O)c1ccc(C2CCCCC2)cc1. The van der Waals surface area contributed by atoms with Gasteiger partial charge in [0.25, 0.3) is 10.0 Å². The zero-order valence-electron chi connectivity index (χ0n) is 15.1. The lowest BCUT2D eigenvalue weighted by Gasteiger charge is -2.22. The first-order valence-corrected chi connectivity index (χ1v) is 10.7. The van der Waals surface area contributed by atoms with Crippen molar-refractivity contribution in [2.24, 2.45) is 0 Å². The molecule has 0 radical (unpaired) electrons. The van der Waals surface area contributed by atoms with E-state index in [0.29, 0.717) is 22.4 Å². The van der Waals surface area contributed by atoms with Gasteiger partial charge >= 0.3 is 0 Å². The smallest absolute Gasteiger partial charge is 0.262 e. The minimum absolute atomic E-state index is 0.242. The van der Waals surface area contributed by atoms with Crippen LogP contribution in [0.4, 0.5) is 5.69 Å². The van der Waals surface area contributed by atoms with Gasteiger partial charge in [0.05, 0.1) is 17.7 Å². The Morgan fingerprint density at radius 1 is 1.08 bits per heavy atom. The Labute approximate surface area is 160 Å². The van der Waals surface area contributed by atoms with Crippen LogP contribution < -0.4 is 9.46 Å². The van der Waals surface area contributed by atoms with Gasteiger partial charge in [-0.15, -0.1) is 0 Å². The van der Waals surface area contributed by atoms with Crippen molar-refractivity contribution in [3.8, 4) is 5.75 Å². The number of ether oxygens (including phenoxy) is 1. The summed E-state index contributed by atoms with van der Waals surface area (Å²) >= 11 is 6.09. The molecule has 0 aliphatic heterocycles. The molecule has 0 unspecified atom stereocenters. The van der Waals surface area contributed by atoms with Crippen LogP contribution in [0.15, 0.2) is 41.3 Å². The molecule has 1 aliphatic rings. The van der Waals surface area contributed by atoms with Crippen molar-refractivity contribution in [2.45, 2.75) is 49.8 Å². The number of rotatable bonds is 5. The fourth-order valence-corrected chi connectivity index (χ4v) is 4.69. The number of hydrogen-bond donors (Lipinski definition) is 1. The summed E-state index contributed by atoms with van der Waals surface area (Å²) in [6.45, 7) is 1.82.